The van der Waals surface area contributed by atoms with E-state index in [9.17, 15) is 4.79 Å². The molecule has 1 fully saturated rings. The van der Waals surface area contributed by atoms with Gasteiger partial charge in [0.05, 0.1) is 17.6 Å². The zero-order valence-electron chi connectivity index (χ0n) is 17.2. The van der Waals surface area contributed by atoms with Gasteiger partial charge in [0.15, 0.2) is 5.65 Å². The third-order valence-corrected chi connectivity index (χ3v) is 6.05. The molecule has 4 aromatic rings. The van der Waals surface area contributed by atoms with Crippen LogP contribution in [0.25, 0.3) is 16.6 Å². The maximum Gasteiger partial charge on any atom is 0.255 e. The van der Waals surface area contributed by atoms with E-state index in [1.54, 1.807) is 16.9 Å². The number of aromatic nitrogens is 5. The van der Waals surface area contributed by atoms with Crippen LogP contribution in [0.15, 0.2) is 42.7 Å². The van der Waals surface area contributed by atoms with E-state index in [4.69, 9.17) is 0 Å². The molecule has 5 rings (SSSR count). The van der Waals surface area contributed by atoms with E-state index in [-0.39, 0.29) is 11.9 Å². The van der Waals surface area contributed by atoms with Crippen LogP contribution in [-0.4, -0.2) is 41.9 Å². The number of amides is 1. The summed E-state index contributed by atoms with van der Waals surface area (Å²) in [7, 11) is 0. The number of hydrogen-bond acceptors (Lipinski definition) is 5. The number of carbonyl (C=O) groups excluding carboxylic acids is 1. The predicted octanol–water partition coefficient (Wildman–Crippen LogP) is 3.87. The lowest BCUT2D eigenvalue weighted by Gasteiger charge is -2.29. The fraction of sp³-hybridized carbons (Fsp3) is 0.348. The Kier molecular flexibility index (Phi) is 4.65. The van der Waals surface area contributed by atoms with Gasteiger partial charge in [0, 0.05) is 29.4 Å². The summed E-state index contributed by atoms with van der Waals surface area (Å²) in [6, 6.07) is 10.3. The van der Waals surface area contributed by atoms with Crippen LogP contribution < -0.4 is 0 Å². The van der Waals surface area contributed by atoms with Crippen LogP contribution in [0.2, 0.25) is 0 Å². The molecule has 0 spiro atoms. The Morgan fingerprint density at radius 3 is 2.80 bits per heavy atom. The Morgan fingerprint density at radius 2 is 2.03 bits per heavy atom. The first-order valence-electron chi connectivity index (χ1n) is 10.4. The third kappa shape index (κ3) is 3.20. The van der Waals surface area contributed by atoms with Gasteiger partial charge in [0.2, 0.25) is 0 Å². The maximum absolute atomic E-state index is 13.4. The van der Waals surface area contributed by atoms with Crippen LogP contribution in [0.3, 0.4) is 0 Å². The molecule has 0 aliphatic heterocycles. The molecule has 30 heavy (non-hydrogen) atoms. The van der Waals surface area contributed by atoms with E-state index in [0.717, 1.165) is 47.7 Å². The molecular formula is C23H24N6O. The van der Waals surface area contributed by atoms with Crippen molar-refractivity contribution in [3.05, 3.63) is 65.0 Å². The van der Waals surface area contributed by atoms with Crippen molar-refractivity contribution in [1.29, 1.82) is 0 Å². The Balaban J connectivity index is 1.62. The van der Waals surface area contributed by atoms with E-state index >= 15 is 0 Å². The Labute approximate surface area is 174 Å². The van der Waals surface area contributed by atoms with E-state index in [1.165, 1.54) is 5.56 Å². The average Bonchev–Trinajstić information content (AvgIpc) is 3.44. The van der Waals surface area contributed by atoms with Crippen molar-refractivity contribution in [3.8, 4) is 0 Å². The highest BCUT2D eigenvalue weighted by Gasteiger charge is 2.29. The lowest BCUT2D eigenvalue weighted by Crippen LogP contribution is -2.38. The van der Waals surface area contributed by atoms with Crippen molar-refractivity contribution in [2.24, 2.45) is 0 Å². The Morgan fingerprint density at radius 1 is 1.20 bits per heavy atom. The lowest BCUT2D eigenvalue weighted by molar-refractivity contribution is 0.0665. The number of pyridine rings is 2. The van der Waals surface area contributed by atoms with Crippen molar-refractivity contribution in [2.75, 3.05) is 0 Å². The Bertz CT molecular complexity index is 1230. The highest BCUT2D eigenvalue weighted by atomic mass is 16.2. The zero-order chi connectivity index (χ0) is 20.7. The Hall–Kier alpha value is -3.35. The number of benzene rings is 1. The van der Waals surface area contributed by atoms with Gasteiger partial charge in [0.25, 0.3) is 5.91 Å². The normalized spacial score (nSPS) is 14.6. The van der Waals surface area contributed by atoms with Crippen molar-refractivity contribution in [3.63, 3.8) is 0 Å². The molecule has 0 atom stereocenters. The van der Waals surface area contributed by atoms with Crippen molar-refractivity contribution in [2.45, 2.75) is 52.1 Å². The second-order valence-electron chi connectivity index (χ2n) is 8.22. The summed E-state index contributed by atoms with van der Waals surface area (Å²) in [4.78, 5) is 19.5. The standard InChI is InChI=1S/C23H24N6O/c1-15-10-16(2)21-18(11-15)12-19(22-25-26-27-29(21)22)14-28(20-7-3-4-8-20)23(30)17-6-5-9-24-13-17/h5-6,9-13,20H,3-4,7-8,14H2,1-2H3. The van der Waals surface area contributed by atoms with Crippen molar-refractivity contribution < 1.29 is 4.79 Å². The average molecular weight is 400 g/mol. The van der Waals surface area contributed by atoms with E-state index in [1.807, 2.05) is 17.0 Å². The van der Waals surface area contributed by atoms with Crippen molar-refractivity contribution >= 4 is 22.5 Å². The number of carbonyl (C=O) groups is 1. The first-order valence-corrected chi connectivity index (χ1v) is 10.4. The summed E-state index contributed by atoms with van der Waals surface area (Å²) < 4.78 is 1.81. The molecule has 0 bridgehead atoms. The molecule has 1 aliphatic rings. The van der Waals surface area contributed by atoms with Crippen molar-refractivity contribution in [1.82, 2.24) is 29.9 Å². The summed E-state index contributed by atoms with van der Waals surface area (Å²) >= 11 is 0. The number of rotatable bonds is 4. The minimum atomic E-state index is 0.0149. The highest BCUT2D eigenvalue weighted by Crippen LogP contribution is 2.29. The van der Waals surface area contributed by atoms with Gasteiger partial charge in [0.1, 0.15) is 0 Å². The van der Waals surface area contributed by atoms with E-state index in [2.05, 4.69) is 52.6 Å². The second kappa shape index (κ2) is 7.48. The molecule has 7 heteroatoms. The molecule has 0 saturated heterocycles. The minimum Gasteiger partial charge on any atom is -0.331 e. The predicted molar refractivity (Wildman–Crippen MR) is 114 cm³/mol. The fourth-order valence-corrected chi connectivity index (χ4v) is 4.72. The molecule has 1 saturated carbocycles. The molecule has 0 unspecified atom stereocenters. The first kappa shape index (κ1) is 18.7. The van der Waals surface area contributed by atoms with Gasteiger partial charge < -0.3 is 4.90 Å². The first-order chi connectivity index (χ1) is 14.6. The van der Waals surface area contributed by atoms with Crippen LogP contribution in [-0.2, 0) is 6.54 Å². The molecule has 1 aromatic carbocycles. The maximum atomic E-state index is 13.4. The molecule has 1 amide bonds. The largest absolute Gasteiger partial charge is 0.331 e. The third-order valence-electron chi connectivity index (χ3n) is 6.05. The lowest BCUT2D eigenvalue weighted by atomic mass is 10.0. The zero-order valence-corrected chi connectivity index (χ0v) is 17.2. The molecule has 3 aromatic heterocycles. The number of fused-ring (bicyclic) bond motifs is 3. The van der Waals surface area contributed by atoms with Crippen LogP contribution >= 0.6 is 0 Å². The number of tetrazole rings is 1. The highest BCUT2D eigenvalue weighted by molar-refractivity contribution is 5.94. The minimum absolute atomic E-state index is 0.0149. The van der Waals surface area contributed by atoms with Gasteiger partial charge in [-0.1, -0.05) is 24.5 Å². The molecule has 3 heterocycles. The van der Waals surface area contributed by atoms with Crippen LogP contribution in [0.5, 0.6) is 0 Å². The summed E-state index contributed by atoms with van der Waals surface area (Å²) in [6.07, 6.45) is 7.69. The SMILES string of the molecule is Cc1cc(C)c2c(c1)cc(CN(C(=O)c1cccnc1)C1CCCC1)c1nnnn12. The number of hydrogen-bond donors (Lipinski definition) is 0. The topological polar surface area (TPSA) is 76.3 Å². The van der Waals surface area contributed by atoms with Gasteiger partial charge in [-0.15, -0.1) is 5.10 Å². The number of nitrogens with zero attached hydrogens (tertiary/aromatic N) is 6. The van der Waals surface area contributed by atoms with Gasteiger partial charge in [-0.25, -0.2) is 0 Å². The fourth-order valence-electron chi connectivity index (χ4n) is 4.72. The molecular weight excluding hydrogens is 376 g/mol. The quantitative estimate of drug-likeness (QED) is 0.520. The van der Waals surface area contributed by atoms with Crippen LogP contribution in [0, 0.1) is 13.8 Å². The van der Waals surface area contributed by atoms with E-state index < -0.39 is 0 Å². The number of aryl methyl sites for hydroxylation is 2. The van der Waals surface area contributed by atoms with E-state index in [0.29, 0.717) is 17.8 Å². The molecule has 7 nitrogen and oxygen atoms in total. The van der Waals surface area contributed by atoms with Crippen LogP contribution in [0.4, 0.5) is 0 Å². The molecule has 1 aliphatic carbocycles. The van der Waals surface area contributed by atoms with Gasteiger partial charge in [-0.05, 0) is 66.9 Å². The van der Waals surface area contributed by atoms with Gasteiger partial charge in [-0.2, -0.15) is 4.52 Å². The summed E-state index contributed by atoms with van der Waals surface area (Å²) in [6.45, 7) is 4.64. The smallest absolute Gasteiger partial charge is 0.255 e. The second-order valence-corrected chi connectivity index (χ2v) is 8.22. The van der Waals surface area contributed by atoms with Gasteiger partial charge in [-0.3, -0.25) is 9.78 Å². The molecule has 0 N–H and O–H groups in total. The summed E-state index contributed by atoms with van der Waals surface area (Å²) in [5, 5.41) is 13.6. The summed E-state index contributed by atoms with van der Waals surface area (Å²) in [5.74, 6) is 0.0149. The van der Waals surface area contributed by atoms with Gasteiger partial charge >= 0.3 is 0 Å². The summed E-state index contributed by atoms with van der Waals surface area (Å²) in [5.41, 5.74) is 5.62. The molecule has 0 radical (unpaired) electrons. The van der Waals surface area contributed by atoms with Crippen LogP contribution in [0.1, 0.15) is 52.7 Å². The molecule has 152 valence electrons. The monoisotopic (exact) mass is 400 g/mol.